The Balaban J connectivity index is 2.04. The molecule has 0 bridgehead atoms. The van der Waals surface area contributed by atoms with Gasteiger partial charge in [0.25, 0.3) is 0 Å². The number of hydrogen-bond acceptors (Lipinski definition) is 4. The lowest BCUT2D eigenvalue weighted by Crippen LogP contribution is -2.28. The van der Waals surface area contributed by atoms with E-state index in [1.54, 1.807) is 0 Å². The Hall–Kier alpha value is -0.740. The molecule has 1 aromatic rings. The van der Waals surface area contributed by atoms with Gasteiger partial charge in [0.1, 0.15) is 5.82 Å². The zero-order valence-electron chi connectivity index (χ0n) is 12.3. The minimum absolute atomic E-state index is 0.399. The van der Waals surface area contributed by atoms with Crippen molar-refractivity contribution in [3.8, 4) is 0 Å². The van der Waals surface area contributed by atoms with Crippen molar-refractivity contribution in [2.45, 2.75) is 38.5 Å². The molecule has 3 nitrogen and oxygen atoms in total. The molecule has 1 N–H and O–H groups in total. The second-order valence-electron chi connectivity index (χ2n) is 5.65. The summed E-state index contributed by atoms with van der Waals surface area (Å²) in [5.41, 5.74) is 1.32. The van der Waals surface area contributed by atoms with E-state index >= 15 is 0 Å². The lowest BCUT2D eigenvalue weighted by atomic mass is 10.1. The Morgan fingerprint density at radius 1 is 1.42 bits per heavy atom. The van der Waals surface area contributed by atoms with Crippen molar-refractivity contribution >= 4 is 17.6 Å². The third-order valence-corrected chi connectivity index (χ3v) is 4.92. The van der Waals surface area contributed by atoms with Gasteiger partial charge in [-0.05, 0) is 30.7 Å². The monoisotopic (exact) mass is 279 g/mol. The minimum atomic E-state index is 0.399. The molecular weight excluding hydrogens is 254 g/mol. The predicted molar refractivity (Wildman–Crippen MR) is 85.0 cm³/mol. The highest BCUT2D eigenvalue weighted by Gasteiger charge is 2.24. The molecule has 2 rings (SSSR count). The molecule has 1 saturated heterocycles. The minimum Gasteiger partial charge on any atom is -0.356 e. The summed E-state index contributed by atoms with van der Waals surface area (Å²) in [5.74, 6) is 2.32. The molecule has 0 unspecified atom stereocenters. The van der Waals surface area contributed by atoms with Crippen LogP contribution in [0.4, 0.5) is 5.82 Å². The zero-order chi connectivity index (χ0) is 13.7. The van der Waals surface area contributed by atoms with E-state index in [0.717, 1.165) is 32.0 Å². The van der Waals surface area contributed by atoms with Crippen LogP contribution in [0.2, 0.25) is 0 Å². The summed E-state index contributed by atoms with van der Waals surface area (Å²) >= 11 is 2.08. The van der Waals surface area contributed by atoms with Gasteiger partial charge in [-0.3, -0.25) is 0 Å². The van der Waals surface area contributed by atoms with Crippen molar-refractivity contribution in [2.24, 2.45) is 0 Å². The van der Waals surface area contributed by atoms with Crippen LogP contribution in [0.25, 0.3) is 0 Å². The van der Waals surface area contributed by atoms with Crippen LogP contribution < -0.4 is 10.2 Å². The molecule has 0 amide bonds. The first-order valence-electron chi connectivity index (χ1n) is 7.15. The Bertz CT molecular complexity index is 406. The summed E-state index contributed by atoms with van der Waals surface area (Å²) < 4.78 is 0.399. The number of pyridine rings is 1. The summed E-state index contributed by atoms with van der Waals surface area (Å²) in [4.78, 5) is 6.98. The summed E-state index contributed by atoms with van der Waals surface area (Å²) in [6, 6.07) is 4.33. The smallest absolute Gasteiger partial charge is 0.128 e. The molecule has 0 atom stereocenters. The first-order valence-corrected chi connectivity index (χ1v) is 8.14. The predicted octanol–water partition coefficient (Wildman–Crippen LogP) is 2.91. The summed E-state index contributed by atoms with van der Waals surface area (Å²) in [7, 11) is 0. The van der Waals surface area contributed by atoms with E-state index in [4.69, 9.17) is 0 Å². The molecule has 0 spiro atoms. The van der Waals surface area contributed by atoms with Crippen molar-refractivity contribution in [3.63, 3.8) is 0 Å². The lowest BCUT2D eigenvalue weighted by Gasteiger charge is -2.23. The number of anilines is 1. The van der Waals surface area contributed by atoms with Gasteiger partial charge in [0.2, 0.25) is 0 Å². The standard InChI is InChI=1S/C15H25N3S/c1-4-16-12-13-5-7-17-14(11-13)18-8-6-15(2,3)19-10-9-18/h5,7,11,16H,4,6,8-10,12H2,1-3H3. The van der Waals surface area contributed by atoms with Crippen LogP contribution in [0, 0.1) is 0 Å². The number of nitrogens with one attached hydrogen (secondary N) is 1. The number of hydrogen-bond donors (Lipinski definition) is 1. The molecule has 0 aliphatic carbocycles. The highest BCUT2D eigenvalue weighted by atomic mass is 32.2. The lowest BCUT2D eigenvalue weighted by molar-refractivity contribution is 0.634. The van der Waals surface area contributed by atoms with Crippen LogP contribution in [-0.4, -0.2) is 35.1 Å². The first kappa shape index (κ1) is 14.7. The maximum absolute atomic E-state index is 4.55. The van der Waals surface area contributed by atoms with Crippen LogP contribution in [-0.2, 0) is 6.54 Å². The van der Waals surface area contributed by atoms with Crippen molar-refractivity contribution in [1.29, 1.82) is 0 Å². The van der Waals surface area contributed by atoms with Crippen LogP contribution in [0.3, 0.4) is 0 Å². The molecule has 2 heterocycles. The number of nitrogens with zero attached hydrogens (tertiary/aromatic N) is 2. The van der Waals surface area contributed by atoms with Gasteiger partial charge in [-0.15, -0.1) is 0 Å². The van der Waals surface area contributed by atoms with Crippen molar-refractivity contribution in [3.05, 3.63) is 23.9 Å². The van der Waals surface area contributed by atoms with Crippen molar-refractivity contribution in [1.82, 2.24) is 10.3 Å². The van der Waals surface area contributed by atoms with Gasteiger partial charge in [0, 0.05) is 36.3 Å². The van der Waals surface area contributed by atoms with E-state index in [1.807, 2.05) is 6.20 Å². The van der Waals surface area contributed by atoms with Gasteiger partial charge in [0.15, 0.2) is 0 Å². The molecule has 0 saturated carbocycles. The van der Waals surface area contributed by atoms with Crippen molar-refractivity contribution in [2.75, 3.05) is 30.3 Å². The van der Waals surface area contributed by atoms with E-state index in [-0.39, 0.29) is 0 Å². The molecule has 1 aliphatic rings. The van der Waals surface area contributed by atoms with E-state index < -0.39 is 0 Å². The number of aromatic nitrogens is 1. The Labute approximate surface area is 121 Å². The van der Waals surface area contributed by atoms with Gasteiger partial charge in [-0.2, -0.15) is 11.8 Å². The van der Waals surface area contributed by atoms with E-state index in [1.165, 1.54) is 17.7 Å². The number of rotatable bonds is 4. The Morgan fingerprint density at radius 2 is 2.26 bits per heavy atom. The fourth-order valence-corrected chi connectivity index (χ4v) is 3.36. The van der Waals surface area contributed by atoms with Crippen LogP contribution >= 0.6 is 11.8 Å². The molecule has 106 valence electrons. The van der Waals surface area contributed by atoms with Crippen LogP contribution in [0.15, 0.2) is 18.3 Å². The van der Waals surface area contributed by atoms with Gasteiger partial charge in [-0.25, -0.2) is 4.98 Å². The van der Waals surface area contributed by atoms with Crippen molar-refractivity contribution < 1.29 is 0 Å². The average Bonchev–Trinajstić information content (AvgIpc) is 2.58. The third kappa shape index (κ3) is 4.39. The molecule has 1 aliphatic heterocycles. The number of thioether (sulfide) groups is 1. The summed E-state index contributed by atoms with van der Waals surface area (Å²) in [6.07, 6.45) is 3.15. The fourth-order valence-electron chi connectivity index (χ4n) is 2.26. The third-order valence-electron chi connectivity index (χ3n) is 3.55. The molecule has 1 fully saturated rings. The van der Waals surface area contributed by atoms with Crippen LogP contribution in [0.1, 0.15) is 32.8 Å². The molecular formula is C15H25N3S. The van der Waals surface area contributed by atoms with Gasteiger partial charge < -0.3 is 10.2 Å². The maximum Gasteiger partial charge on any atom is 0.128 e. The Kier molecular flexibility index (Phi) is 5.11. The summed E-state index contributed by atoms with van der Waals surface area (Å²) in [6.45, 7) is 11.0. The van der Waals surface area contributed by atoms with Gasteiger partial charge in [0.05, 0.1) is 0 Å². The van der Waals surface area contributed by atoms with Gasteiger partial charge in [-0.1, -0.05) is 20.8 Å². The topological polar surface area (TPSA) is 28.2 Å². The molecule has 19 heavy (non-hydrogen) atoms. The quantitative estimate of drug-likeness (QED) is 0.917. The summed E-state index contributed by atoms with van der Waals surface area (Å²) in [5, 5.41) is 3.37. The molecule has 4 heteroatoms. The molecule has 1 aromatic heterocycles. The van der Waals surface area contributed by atoms with E-state index in [2.05, 4.69) is 59.9 Å². The SMILES string of the molecule is CCNCc1ccnc(N2CCSC(C)(C)CC2)c1. The Morgan fingerprint density at radius 3 is 3.05 bits per heavy atom. The molecule has 0 radical (unpaired) electrons. The maximum atomic E-state index is 4.55. The molecule has 0 aromatic carbocycles. The van der Waals surface area contributed by atoms with E-state index in [9.17, 15) is 0 Å². The largest absolute Gasteiger partial charge is 0.356 e. The highest BCUT2D eigenvalue weighted by molar-refractivity contribution is 8.00. The van der Waals surface area contributed by atoms with Gasteiger partial charge >= 0.3 is 0 Å². The average molecular weight is 279 g/mol. The van der Waals surface area contributed by atoms with E-state index in [0.29, 0.717) is 4.75 Å². The highest BCUT2D eigenvalue weighted by Crippen LogP contribution is 2.31. The zero-order valence-corrected chi connectivity index (χ0v) is 13.1. The fraction of sp³-hybridized carbons (Fsp3) is 0.667. The normalized spacial score (nSPS) is 19.2. The van der Waals surface area contributed by atoms with Crippen LogP contribution in [0.5, 0.6) is 0 Å². The second kappa shape index (κ2) is 6.62. The first-order chi connectivity index (χ1) is 9.11. The second-order valence-corrected chi connectivity index (χ2v) is 7.45.